The molecule has 0 spiro atoms. The molecule has 102 valence electrons. The fourth-order valence-corrected chi connectivity index (χ4v) is 2.74. The minimum absolute atomic E-state index is 0.00660. The Hall–Kier alpha value is -0.460. The van der Waals surface area contributed by atoms with Crippen molar-refractivity contribution in [2.75, 3.05) is 26.4 Å². The Balaban J connectivity index is 1.61. The van der Waals surface area contributed by atoms with Crippen LogP contribution in [0.25, 0.3) is 0 Å². The molecule has 0 radical (unpaired) electrons. The maximum atomic E-state index is 9.32. The van der Waals surface area contributed by atoms with Crippen LogP contribution in [-0.2, 0) is 9.47 Å². The molecule has 2 rings (SSSR count). The minimum Gasteiger partial charge on any atom is -0.394 e. The molecule has 1 fully saturated rings. The number of thiophene rings is 1. The molecule has 1 aliphatic rings. The van der Waals surface area contributed by atoms with Gasteiger partial charge in [-0.25, -0.2) is 0 Å². The molecular formula is C13H21NO3S. The zero-order valence-corrected chi connectivity index (χ0v) is 11.3. The van der Waals surface area contributed by atoms with Gasteiger partial charge < -0.3 is 19.9 Å². The molecule has 2 heterocycles. The molecule has 1 aromatic rings. The van der Waals surface area contributed by atoms with Crippen LogP contribution in [0.1, 0.15) is 30.9 Å². The van der Waals surface area contributed by atoms with Gasteiger partial charge in [0.25, 0.3) is 0 Å². The maximum absolute atomic E-state index is 9.32. The summed E-state index contributed by atoms with van der Waals surface area (Å²) in [7, 11) is 0. The van der Waals surface area contributed by atoms with Crippen LogP contribution >= 0.6 is 11.3 Å². The van der Waals surface area contributed by atoms with Gasteiger partial charge in [-0.3, -0.25) is 0 Å². The molecular weight excluding hydrogens is 250 g/mol. The lowest BCUT2D eigenvalue weighted by Gasteiger charge is -2.23. The number of nitrogens with one attached hydrogen (secondary N) is 1. The van der Waals surface area contributed by atoms with Crippen LogP contribution in [0.15, 0.2) is 16.8 Å². The van der Waals surface area contributed by atoms with E-state index in [0.29, 0.717) is 6.61 Å². The van der Waals surface area contributed by atoms with E-state index in [1.54, 1.807) is 11.3 Å². The highest BCUT2D eigenvalue weighted by molar-refractivity contribution is 7.07. The van der Waals surface area contributed by atoms with Crippen LogP contribution in [0.2, 0.25) is 0 Å². The van der Waals surface area contributed by atoms with Crippen LogP contribution in [0.4, 0.5) is 0 Å². The molecule has 1 saturated heterocycles. The molecule has 0 amide bonds. The number of hydrogen-bond acceptors (Lipinski definition) is 5. The second kappa shape index (κ2) is 7.86. The monoisotopic (exact) mass is 271 g/mol. The molecule has 18 heavy (non-hydrogen) atoms. The predicted octanol–water partition coefficient (Wildman–Crippen LogP) is 1.91. The van der Waals surface area contributed by atoms with Crippen LogP contribution in [-0.4, -0.2) is 37.8 Å². The smallest absolute Gasteiger partial charge is 0.157 e. The zero-order chi connectivity index (χ0) is 12.6. The lowest BCUT2D eigenvalue weighted by atomic mass is 10.1. The van der Waals surface area contributed by atoms with Crippen LogP contribution < -0.4 is 5.32 Å². The Bertz CT molecular complexity index is 312. The molecule has 2 N–H and O–H groups in total. The highest BCUT2D eigenvalue weighted by Crippen LogP contribution is 2.16. The van der Waals surface area contributed by atoms with E-state index in [4.69, 9.17) is 9.47 Å². The first-order chi connectivity index (χ1) is 8.90. The quantitative estimate of drug-likeness (QED) is 0.744. The van der Waals surface area contributed by atoms with E-state index >= 15 is 0 Å². The van der Waals surface area contributed by atoms with Gasteiger partial charge in [0.05, 0.1) is 19.3 Å². The number of hydrogen-bond donors (Lipinski definition) is 2. The summed E-state index contributed by atoms with van der Waals surface area (Å²) in [4.78, 5) is 0. The molecule has 5 heteroatoms. The SMILES string of the molecule is OC[C@@H](NCCO[C@@H]1CCCCO1)c1ccsc1. The molecule has 0 bridgehead atoms. The Morgan fingerprint density at radius 2 is 2.50 bits per heavy atom. The van der Waals surface area contributed by atoms with Crippen LogP contribution in [0.5, 0.6) is 0 Å². The van der Waals surface area contributed by atoms with Gasteiger partial charge in [0.1, 0.15) is 0 Å². The fourth-order valence-electron chi connectivity index (χ4n) is 2.03. The van der Waals surface area contributed by atoms with Gasteiger partial charge in [-0.05, 0) is 41.7 Å². The van der Waals surface area contributed by atoms with E-state index in [1.165, 1.54) is 6.42 Å². The third kappa shape index (κ3) is 4.33. The van der Waals surface area contributed by atoms with Crippen molar-refractivity contribution in [2.24, 2.45) is 0 Å². The molecule has 1 aromatic heterocycles. The number of ether oxygens (including phenoxy) is 2. The number of aliphatic hydroxyl groups is 1. The Morgan fingerprint density at radius 3 is 3.17 bits per heavy atom. The van der Waals surface area contributed by atoms with E-state index in [0.717, 1.165) is 31.6 Å². The van der Waals surface area contributed by atoms with Crippen molar-refractivity contribution in [1.82, 2.24) is 5.32 Å². The summed E-state index contributed by atoms with van der Waals surface area (Å²) in [6.45, 7) is 2.26. The Kier molecular flexibility index (Phi) is 6.10. The summed E-state index contributed by atoms with van der Waals surface area (Å²) >= 11 is 1.64. The maximum Gasteiger partial charge on any atom is 0.157 e. The summed E-state index contributed by atoms with van der Waals surface area (Å²) in [5.74, 6) is 0. The average molecular weight is 271 g/mol. The predicted molar refractivity (Wildman–Crippen MR) is 71.7 cm³/mol. The Labute approximate surface area is 112 Å². The second-order valence-electron chi connectivity index (χ2n) is 4.41. The standard InChI is InChI=1S/C13H21NO3S/c15-9-12(11-4-8-18-10-11)14-5-7-17-13-3-1-2-6-16-13/h4,8,10,12-15H,1-3,5-7,9H2/t12-,13-/m1/s1. The van der Waals surface area contributed by atoms with Crippen LogP contribution in [0, 0.1) is 0 Å². The van der Waals surface area contributed by atoms with Gasteiger partial charge >= 0.3 is 0 Å². The van der Waals surface area contributed by atoms with Crippen molar-refractivity contribution >= 4 is 11.3 Å². The molecule has 1 aliphatic heterocycles. The van der Waals surface area contributed by atoms with Gasteiger partial charge in [-0.1, -0.05) is 0 Å². The van der Waals surface area contributed by atoms with Crippen molar-refractivity contribution in [3.63, 3.8) is 0 Å². The third-order valence-corrected chi connectivity index (χ3v) is 3.76. The van der Waals surface area contributed by atoms with Gasteiger partial charge in [-0.15, -0.1) is 0 Å². The van der Waals surface area contributed by atoms with Crippen molar-refractivity contribution in [2.45, 2.75) is 31.6 Å². The molecule has 0 unspecified atom stereocenters. The van der Waals surface area contributed by atoms with Crippen molar-refractivity contribution in [3.8, 4) is 0 Å². The molecule has 2 atom stereocenters. The minimum atomic E-state index is -0.0331. The molecule has 0 saturated carbocycles. The number of rotatable bonds is 7. The summed E-state index contributed by atoms with van der Waals surface area (Å²) < 4.78 is 11.1. The highest BCUT2D eigenvalue weighted by Gasteiger charge is 2.14. The van der Waals surface area contributed by atoms with Gasteiger partial charge in [0.15, 0.2) is 6.29 Å². The fraction of sp³-hybridized carbons (Fsp3) is 0.692. The lowest BCUT2D eigenvalue weighted by molar-refractivity contribution is -0.161. The van der Waals surface area contributed by atoms with Crippen molar-refractivity contribution in [1.29, 1.82) is 0 Å². The zero-order valence-electron chi connectivity index (χ0n) is 10.5. The molecule has 0 aliphatic carbocycles. The number of aliphatic hydroxyl groups excluding tert-OH is 1. The first-order valence-electron chi connectivity index (χ1n) is 6.49. The van der Waals surface area contributed by atoms with Gasteiger partial charge in [0, 0.05) is 13.2 Å². The largest absolute Gasteiger partial charge is 0.394 e. The van der Waals surface area contributed by atoms with E-state index < -0.39 is 0 Å². The van der Waals surface area contributed by atoms with Crippen molar-refractivity contribution < 1.29 is 14.6 Å². The van der Waals surface area contributed by atoms with Gasteiger partial charge in [-0.2, -0.15) is 11.3 Å². The van der Waals surface area contributed by atoms with E-state index in [1.807, 2.05) is 11.4 Å². The average Bonchev–Trinajstić information content (AvgIpc) is 2.94. The highest BCUT2D eigenvalue weighted by atomic mass is 32.1. The van der Waals surface area contributed by atoms with E-state index in [-0.39, 0.29) is 18.9 Å². The molecule has 0 aromatic carbocycles. The first kappa shape index (κ1) is 14.0. The van der Waals surface area contributed by atoms with Crippen LogP contribution in [0.3, 0.4) is 0 Å². The topological polar surface area (TPSA) is 50.7 Å². The van der Waals surface area contributed by atoms with E-state index in [2.05, 4.69) is 10.7 Å². The summed E-state index contributed by atoms with van der Waals surface area (Å²) in [6.07, 6.45) is 3.29. The lowest BCUT2D eigenvalue weighted by Crippen LogP contribution is -2.30. The Morgan fingerprint density at radius 1 is 1.56 bits per heavy atom. The normalized spacial score (nSPS) is 21.9. The third-order valence-electron chi connectivity index (χ3n) is 3.06. The first-order valence-corrected chi connectivity index (χ1v) is 7.44. The molecule has 4 nitrogen and oxygen atoms in total. The van der Waals surface area contributed by atoms with Gasteiger partial charge in [0.2, 0.25) is 0 Å². The summed E-state index contributed by atoms with van der Waals surface area (Å²) in [5.41, 5.74) is 1.14. The van der Waals surface area contributed by atoms with Crippen molar-refractivity contribution in [3.05, 3.63) is 22.4 Å². The van der Waals surface area contributed by atoms with E-state index in [9.17, 15) is 5.11 Å². The second-order valence-corrected chi connectivity index (χ2v) is 5.19. The summed E-state index contributed by atoms with van der Waals surface area (Å²) in [6, 6.07) is 2.04. The summed E-state index contributed by atoms with van der Waals surface area (Å²) in [5, 5.41) is 16.7.